The average molecular weight is 407 g/mol. The smallest absolute Gasteiger partial charge is 0.243 e. The van der Waals surface area contributed by atoms with Crippen LogP contribution in [0.5, 0.6) is 0 Å². The van der Waals surface area contributed by atoms with Gasteiger partial charge in [0.2, 0.25) is 15.9 Å². The molecule has 0 spiro atoms. The first-order valence-corrected chi connectivity index (χ1v) is 10.8. The van der Waals surface area contributed by atoms with E-state index >= 15 is 0 Å². The Labute approximate surface area is 165 Å². The summed E-state index contributed by atoms with van der Waals surface area (Å²) in [5, 5.41) is 3.42. The Morgan fingerprint density at radius 1 is 1.22 bits per heavy atom. The maximum atomic E-state index is 12.8. The van der Waals surface area contributed by atoms with Gasteiger partial charge in [0.15, 0.2) is 0 Å². The second kappa shape index (κ2) is 8.42. The highest BCUT2D eigenvalue weighted by Gasteiger charge is 2.33. The van der Waals surface area contributed by atoms with Crippen LogP contribution in [0.3, 0.4) is 0 Å². The second-order valence-corrected chi connectivity index (χ2v) is 9.24. The lowest BCUT2D eigenvalue weighted by molar-refractivity contribution is -0.126. The Morgan fingerprint density at radius 2 is 1.96 bits per heavy atom. The minimum absolute atomic E-state index is 0.104. The fourth-order valence-electron chi connectivity index (χ4n) is 3.29. The maximum absolute atomic E-state index is 12.8. The zero-order valence-corrected chi connectivity index (χ0v) is 16.8. The van der Waals surface area contributed by atoms with E-state index in [2.05, 4.69) is 5.32 Å². The number of nitrogens with zero attached hydrogens (tertiary/aromatic N) is 1. The SMILES string of the molecule is Cc1cccc(CNC(=O)C2CCCN(S(=O)(=O)c3ccc(Cl)cc3)C2)c1. The van der Waals surface area contributed by atoms with Crippen LogP contribution in [-0.4, -0.2) is 31.7 Å². The fourth-order valence-corrected chi connectivity index (χ4v) is 4.94. The van der Waals surface area contributed by atoms with Crippen LogP contribution in [0.2, 0.25) is 5.02 Å². The first-order valence-electron chi connectivity index (χ1n) is 8.95. The third-order valence-electron chi connectivity index (χ3n) is 4.76. The van der Waals surface area contributed by atoms with Gasteiger partial charge in [-0.2, -0.15) is 4.31 Å². The van der Waals surface area contributed by atoms with Gasteiger partial charge in [-0.1, -0.05) is 41.4 Å². The number of sulfonamides is 1. The summed E-state index contributed by atoms with van der Waals surface area (Å²) in [6.07, 6.45) is 1.35. The van der Waals surface area contributed by atoms with E-state index in [1.807, 2.05) is 31.2 Å². The van der Waals surface area contributed by atoms with E-state index in [1.54, 1.807) is 12.1 Å². The number of piperidine rings is 1. The molecule has 1 unspecified atom stereocenters. The zero-order valence-electron chi connectivity index (χ0n) is 15.2. The molecule has 1 heterocycles. The van der Waals surface area contributed by atoms with Crippen molar-refractivity contribution in [2.24, 2.45) is 5.92 Å². The van der Waals surface area contributed by atoms with E-state index in [0.717, 1.165) is 11.1 Å². The van der Waals surface area contributed by atoms with Crippen LogP contribution in [0.15, 0.2) is 53.4 Å². The number of carbonyl (C=O) groups excluding carboxylic acids is 1. The molecule has 0 radical (unpaired) electrons. The van der Waals surface area contributed by atoms with E-state index in [-0.39, 0.29) is 23.3 Å². The first kappa shape index (κ1) is 19.9. The molecule has 27 heavy (non-hydrogen) atoms. The molecule has 0 bridgehead atoms. The molecule has 1 aliphatic heterocycles. The molecule has 0 aromatic heterocycles. The number of hydrogen-bond donors (Lipinski definition) is 1. The summed E-state index contributed by atoms with van der Waals surface area (Å²) in [4.78, 5) is 12.8. The standard InChI is InChI=1S/C20H23ClN2O3S/c1-15-4-2-5-16(12-15)13-22-20(24)17-6-3-11-23(14-17)27(25,26)19-9-7-18(21)8-10-19/h2,4-5,7-10,12,17H,3,6,11,13-14H2,1H3,(H,22,24). The Kier molecular flexibility index (Phi) is 6.19. The van der Waals surface area contributed by atoms with Gasteiger partial charge in [0.1, 0.15) is 0 Å². The normalized spacial score (nSPS) is 18.2. The van der Waals surface area contributed by atoms with Crippen molar-refractivity contribution >= 4 is 27.5 Å². The van der Waals surface area contributed by atoms with Crippen molar-refractivity contribution in [3.63, 3.8) is 0 Å². The summed E-state index contributed by atoms with van der Waals surface area (Å²) in [6, 6.07) is 14.1. The van der Waals surface area contributed by atoms with Crippen molar-refractivity contribution in [1.82, 2.24) is 9.62 Å². The fraction of sp³-hybridized carbons (Fsp3) is 0.350. The van der Waals surface area contributed by atoms with Crippen LogP contribution >= 0.6 is 11.6 Å². The minimum Gasteiger partial charge on any atom is -0.352 e. The van der Waals surface area contributed by atoms with Crippen molar-refractivity contribution in [3.05, 3.63) is 64.7 Å². The van der Waals surface area contributed by atoms with Crippen LogP contribution in [0.4, 0.5) is 0 Å². The molecule has 3 rings (SSSR count). The highest BCUT2D eigenvalue weighted by molar-refractivity contribution is 7.89. The number of amides is 1. The zero-order chi connectivity index (χ0) is 19.4. The van der Waals surface area contributed by atoms with Gasteiger partial charge in [0.25, 0.3) is 0 Å². The molecule has 1 amide bonds. The summed E-state index contributed by atoms with van der Waals surface area (Å²) in [5.41, 5.74) is 2.17. The molecule has 0 saturated carbocycles. The molecule has 7 heteroatoms. The molecule has 1 N–H and O–H groups in total. The topological polar surface area (TPSA) is 66.5 Å². The number of rotatable bonds is 5. The maximum Gasteiger partial charge on any atom is 0.243 e. The Bertz CT molecular complexity index is 913. The molecule has 2 aromatic carbocycles. The van der Waals surface area contributed by atoms with Crippen LogP contribution in [0.1, 0.15) is 24.0 Å². The quantitative estimate of drug-likeness (QED) is 0.827. The van der Waals surface area contributed by atoms with E-state index in [4.69, 9.17) is 11.6 Å². The number of benzene rings is 2. The van der Waals surface area contributed by atoms with Crippen LogP contribution < -0.4 is 5.32 Å². The highest BCUT2D eigenvalue weighted by Crippen LogP contribution is 2.25. The van der Waals surface area contributed by atoms with Crippen molar-refractivity contribution in [1.29, 1.82) is 0 Å². The van der Waals surface area contributed by atoms with E-state index < -0.39 is 10.0 Å². The molecule has 1 atom stereocenters. The number of carbonyl (C=O) groups is 1. The third-order valence-corrected chi connectivity index (χ3v) is 6.89. The lowest BCUT2D eigenvalue weighted by Gasteiger charge is -2.31. The first-order chi connectivity index (χ1) is 12.9. The van der Waals surface area contributed by atoms with Crippen LogP contribution in [0.25, 0.3) is 0 Å². The monoisotopic (exact) mass is 406 g/mol. The predicted octanol–water partition coefficient (Wildman–Crippen LogP) is 3.37. The Hall–Kier alpha value is -1.89. The van der Waals surface area contributed by atoms with Gasteiger partial charge in [-0.05, 0) is 49.6 Å². The summed E-state index contributed by atoms with van der Waals surface area (Å²) in [7, 11) is -3.62. The summed E-state index contributed by atoms with van der Waals surface area (Å²) in [5.74, 6) is -0.446. The van der Waals surface area contributed by atoms with Gasteiger partial charge in [-0.15, -0.1) is 0 Å². The van der Waals surface area contributed by atoms with Crippen molar-refractivity contribution < 1.29 is 13.2 Å². The lowest BCUT2D eigenvalue weighted by Crippen LogP contribution is -2.45. The molecule has 144 valence electrons. The average Bonchev–Trinajstić information content (AvgIpc) is 2.66. The minimum atomic E-state index is -3.62. The Morgan fingerprint density at radius 3 is 2.67 bits per heavy atom. The third kappa shape index (κ3) is 4.89. The molecular formula is C20H23ClN2O3S. The van der Waals surface area contributed by atoms with Gasteiger partial charge in [-0.25, -0.2) is 8.42 Å². The van der Waals surface area contributed by atoms with Crippen molar-refractivity contribution in [3.8, 4) is 0 Å². The van der Waals surface area contributed by atoms with Gasteiger partial charge >= 0.3 is 0 Å². The summed E-state index contributed by atoms with van der Waals surface area (Å²) >= 11 is 5.85. The van der Waals surface area contributed by atoms with Gasteiger partial charge in [0.05, 0.1) is 10.8 Å². The van der Waals surface area contributed by atoms with Crippen LogP contribution in [0, 0.1) is 12.8 Å². The van der Waals surface area contributed by atoms with Crippen molar-refractivity contribution in [2.45, 2.75) is 31.2 Å². The van der Waals surface area contributed by atoms with E-state index in [0.29, 0.717) is 31.0 Å². The molecule has 5 nitrogen and oxygen atoms in total. The van der Waals surface area contributed by atoms with Gasteiger partial charge in [-0.3, -0.25) is 4.79 Å². The number of nitrogens with one attached hydrogen (secondary N) is 1. The molecule has 1 fully saturated rings. The highest BCUT2D eigenvalue weighted by atomic mass is 35.5. The van der Waals surface area contributed by atoms with Crippen LogP contribution in [-0.2, 0) is 21.4 Å². The molecule has 0 aliphatic carbocycles. The van der Waals surface area contributed by atoms with Crippen molar-refractivity contribution in [2.75, 3.05) is 13.1 Å². The van der Waals surface area contributed by atoms with E-state index in [9.17, 15) is 13.2 Å². The molecule has 1 aliphatic rings. The Balaban J connectivity index is 1.64. The summed E-state index contributed by atoms with van der Waals surface area (Å²) < 4.78 is 27.1. The molecule has 2 aromatic rings. The second-order valence-electron chi connectivity index (χ2n) is 6.86. The van der Waals surface area contributed by atoms with E-state index in [1.165, 1.54) is 16.4 Å². The molecule has 1 saturated heterocycles. The predicted molar refractivity (Wildman–Crippen MR) is 106 cm³/mol. The number of hydrogen-bond acceptors (Lipinski definition) is 3. The lowest BCUT2D eigenvalue weighted by atomic mass is 9.98. The molecular weight excluding hydrogens is 384 g/mol. The number of halogens is 1. The van der Waals surface area contributed by atoms with Gasteiger partial charge < -0.3 is 5.32 Å². The summed E-state index contributed by atoms with van der Waals surface area (Å²) in [6.45, 7) is 3.07. The number of aryl methyl sites for hydroxylation is 1. The van der Waals surface area contributed by atoms with Gasteiger partial charge in [0, 0.05) is 24.7 Å². The largest absolute Gasteiger partial charge is 0.352 e.